The number of rotatable bonds is 47. The minimum atomic E-state index is -1.58. The first-order valence-electron chi connectivity index (χ1n) is 43.3. The summed E-state index contributed by atoms with van der Waals surface area (Å²) in [6.45, 7) is 17.9. The van der Waals surface area contributed by atoms with Crippen LogP contribution in [0.2, 0.25) is 0 Å². The average Bonchev–Trinajstić information content (AvgIpc) is 1.71. The Labute approximate surface area is 858 Å². The van der Waals surface area contributed by atoms with Crippen LogP contribution in [0.15, 0.2) is 61.7 Å². The summed E-state index contributed by atoms with van der Waals surface area (Å²) in [6, 6.07) is 1.47. The molecule has 15 N–H and O–H groups in total. The standard InChI is InChI=1S/C7H14N4O.C7H13N3O3.2C7H12N2O3.C6H11FN4O.C6H12N4O2.2C6H12N4OS.C6H12N4O.C6H11N3O2S.C6H11N3O2.C5H11N3O3S.CO2/c1-6-8-7(10-9-6)11(2)4-5-12-3;1-10(3-4-13-2)5-6(11)9-7(12)8-5;1-9(3-4-11-2)6-5-8-12-7(6)10;1-9(3-4-11-2)6-5-7(10)12-8-6;1-11(3-4-12-2)6-5(7)8-10-9-6;1-10(3-4-12-2)5-7-6(11)9-8-5;1-10(3-4-11-2)5-7-6(12)9-8-5;1-10(3-4-11-2)5-6(12)8-9-7-5;1-10(3-4-11-2)6-5-7-9-8-6;1-9(3-4-10-2)5-7-6(12)11-8-5;1-9(3-4-10-2)6-7-5-8-11-6;1-8(3-4-10-2)5-6-11-12(9)7-5;2-1-3/h4-5H2,1-3H3,(H,8,9,10);5H,3-4H2,1-2H3,(H2,8,9,11,12);2*5,8H,3-4H2,1-2H3;3-4H2,1-2H3,(H,8,9,10);3-4H2,1-2H3,(H2,7,8,9,11);2*3-4H2,1-2H3,(H2,7,8,9,12);5H,3-4H2,1-2H3,(H,7,8,9);3-4H2,1-2H3,(H,7,8,12);5H,3-4H2,1-2H3;3-4H2,1-2H3,(H,6,7);. The van der Waals surface area contributed by atoms with Crippen LogP contribution in [0.3, 0.4) is 0 Å². The van der Waals surface area contributed by atoms with E-state index in [9.17, 15) is 32.6 Å². The highest BCUT2D eigenvalue weighted by atomic mass is 32.2. The number of halogens is 1. The number of guanidine groups is 1. The molecule has 828 valence electrons. The number of aryl methyl sites for hydroxylation is 1. The van der Waals surface area contributed by atoms with Crippen molar-refractivity contribution in [3.63, 3.8) is 0 Å². The second kappa shape index (κ2) is 81.9. The van der Waals surface area contributed by atoms with Gasteiger partial charge in [-0.3, -0.25) is 40.4 Å². The van der Waals surface area contributed by atoms with Gasteiger partial charge in [0.15, 0.2) is 28.8 Å². The van der Waals surface area contributed by atoms with Crippen LogP contribution in [0.1, 0.15) is 5.82 Å². The van der Waals surface area contributed by atoms with Gasteiger partial charge in [-0.2, -0.15) is 58.9 Å². The predicted octanol–water partition coefficient (Wildman–Crippen LogP) is -1.36. The van der Waals surface area contributed by atoms with Gasteiger partial charge in [-0.15, -0.1) is 35.0 Å². The van der Waals surface area contributed by atoms with Crippen molar-refractivity contribution in [1.82, 2.24) is 148 Å². The molecule has 12 heterocycles. The van der Waals surface area contributed by atoms with Gasteiger partial charge in [0.05, 0.1) is 97.7 Å². The number of urea groups is 1. The van der Waals surface area contributed by atoms with Crippen molar-refractivity contribution in [2.75, 3.05) is 377 Å². The maximum atomic E-state index is 12.7. The summed E-state index contributed by atoms with van der Waals surface area (Å²) < 4.78 is 110. The van der Waals surface area contributed by atoms with Gasteiger partial charge < -0.3 is 134 Å². The van der Waals surface area contributed by atoms with Gasteiger partial charge in [0.2, 0.25) is 40.3 Å². The van der Waals surface area contributed by atoms with Gasteiger partial charge in [0, 0.05) is 241 Å². The van der Waals surface area contributed by atoms with Crippen LogP contribution in [0.5, 0.6) is 0 Å². The lowest BCUT2D eigenvalue weighted by molar-refractivity contribution is -0.191. The quantitative estimate of drug-likeness (QED) is 0.0155. The Balaban J connectivity index is 0.00000157. The summed E-state index contributed by atoms with van der Waals surface area (Å²) in [7, 11) is 41.9. The molecule has 2 unspecified atom stereocenters. The number of nitrogens with one attached hydrogen (secondary N) is 15. The first-order chi connectivity index (χ1) is 69.9. The van der Waals surface area contributed by atoms with Crippen LogP contribution in [0, 0.1) is 27.1 Å². The van der Waals surface area contributed by atoms with E-state index in [-0.39, 0.29) is 39.7 Å². The Morgan fingerprint density at radius 1 is 0.493 bits per heavy atom. The third kappa shape index (κ3) is 59.2. The summed E-state index contributed by atoms with van der Waals surface area (Å²) in [4.78, 5) is 111. The Kier molecular flexibility index (Phi) is 74.5. The summed E-state index contributed by atoms with van der Waals surface area (Å²) in [6.07, 6.45) is 4.26. The smallest absolute Gasteiger partial charge is 0.380 e. The SMILES string of the molecule is COCCN(C)C1=NS(=O)ON1.COCCN(C)C1NC(=O)NC1=O.COCCN(C)c1c[nH]oc1=O.COCCN(C)c1cc(=O)o[nH]1.COCCN(C)c1cn[nH]n1.COCCN(C)c1n[nH][nH]c1=S.COCCN(C)c1n[nH]c(=O)[nH]1.COCCN(C)c1n[nH]c(C)n1.COCCN(C)c1n[nH]nc1F.COCCN(C)c1nc(=S)[nH][nH]1.COCCN(C)c1nc(=S)o[nH]1.COCCN(C)c1ncno1.O=C=O. The molecular formula is C76H143FN40O25S4. The summed E-state index contributed by atoms with van der Waals surface area (Å²) in [5, 5.41) is 62.5. The first-order valence-corrected chi connectivity index (χ1v) is 45.6. The van der Waals surface area contributed by atoms with E-state index < -0.39 is 29.4 Å². The molecule has 65 nitrogen and oxygen atoms in total. The molecule has 0 aliphatic carbocycles. The molecule has 70 heteroatoms. The number of aromatic amines is 12. The number of amides is 3. The number of hydrogen-bond donors (Lipinski definition) is 15. The number of imide groups is 1. The molecule has 10 aromatic heterocycles. The van der Waals surface area contributed by atoms with E-state index in [1.165, 1.54) is 18.6 Å². The number of methoxy groups -OCH3 is 12. The Morgan fingerprint density at radius 3 is 1.40 bits per heavy atom. The van der Waals surface area contributed by atoms with Gasteiger partial charge >= 0.3 is 51.2 Å². The van der Waals surface area contributed by atoms with Gasteiger partial charge in [-0.05, 0) is 38.4 Å². The number of nitrogens with zero attached hydrogens (tertiary/aromatic N) is 25. The molecule has 10 aromatic rings. The maximum absolute atomic E-state index is 12.7. The monoisotopic (exact) mass is 2160 g/mol. The molecule has 0 spiro atoms. The highest BCUT2D eigenvalue weighted by molar-refractivity contribution is 7.79. The van der Waals surface area contributed by atoms with Crippen LogP contribution >= 0.6 is 36.7 Å². The number of likely N-dealkylation sites (N-methyl/N-ethyl adjacent to an activating group) is 12. The van der Waals surface area contributed by atoms with Crippen molar-refractivity contribution in [2.45, 2.75) is 13.1 Å². The van der Waals surface area contributed by atoms with E-state index >= 15 is 0 Å². The number of hydroxylamine groups is 1. The molecule has 2 atom stereocenters. The predicted molar refractivity (Wildman–Crippen MR) is 541 cm³/mol. The first kappa shape index (κ1) is 133. The zero-order valence-electron chi connectivity index (χ0n) is 86.8. The second-order valence-corrected chi connectivity index (χ2v) is 30.9. The minimum absolute atomic E-state index is 0.215. The van der Waals surface area contributed by atoms with Crippen molar-refractivity contribution < 1.29 is 107 Å². The summed E-state index contributed by atoms with van der Waals surface area (Å²) >= 11 is 12.9. The van der Waals surface area contributed by atoms with E-state index in [1.807, 2.05) is 97.6 Å². The third-order valence-electron chi connectivity index (χ3n) is 18.0. The number of H-pyrrole nitrogens is 12. The molecule has 0 saturated carbocycles. The molecule has 1 saturated heterocycles. The van der Waals surface area contributed by atoms with Gasteiger partial charge in [-0.1, -0.05) is 17.4 Å². The van der Waals surface area contributed by atoms with Gasteiger partial charge in [0.25, 0.3) is 11.9 Å². The molecule has 0 radical (unpaired) electrons. The van der Waals surface area contributed by atoms with Crippen LogP contribution in [0.4, 0.5) is 68.0 Å². The highest BCUT2D eigenvalue weighted by Crippen LogP contribution is 2.13. The second-order valence-electron chi connectivity index (χ2n) is 29.0. The van der Waals surface area contributed by atoms with Crippen molar-refractivity contribution >= 4 is 131 Å². The number of carbonyl (C=O) groups excluding carboxylic acids is 4. The van der Waals surface area contributed by atoms with E-state index in [1.54, 1.807) is 144 Å². The largest absolute Gasteiger partial charge is 0.383 e. The lowest BCUT2D eigenvalue weighted by atomic mass is 10.4. The number of carbonyl (C=O) groups is 2. The summed E-state index contributed by atoms with van der Waals surface area (Å²) in [5.74, 6) is 5.45. The molecule has 0 aromatic carbocycles. The third-order valence-corrected chi connectivity index (χ3v) is 19.2. The van der Waals surface area contributed by atoms with Crippen LogP contribution < -0.4 is 82.1 Å². The Morgan fingerprint density at radius 2 is 0.993 bits per heavy atom. The van der Waals surface area contributed by atoms with Crippen LogP contribution in [0.25, 0.3) is 0 Å². The Bertz CT molecular complexity index is 5000. The van der Waals surface area contributed by atoms with E-state index in [4.69, 9.17) is 112 Å². The van der Waals surface area contributed by atoms with E-state index in [0.29, 0.717) is 169 Å². The minimum Gasteiger partial charge on any atom is -0.383 e. The van der Waals surface area contributed by atoms with Crippen LogP contribution in [-0.4, -0.2) is 494 Å². The fourth-order valence-corrected chi connectivity index (χ4v) is 10.5. The molecule has 2 aliphatic rings. The fraction of sp³-hybridized carbons (Fsp3) is 0.658. The maximum Gasteiger partial charge on any atom is 0.380 e. The van der Waals surface area contributed by atoms with Crippen molar-refractivity contribution in [1.29, 1.82) is 0 Å². The molecule has 12 rings (SSSR count). The van der Waals surface area contributed by atoms with Crippen molar-refractivity contribution in [3.8, 4) is 0 Å². The van der Waals surface area contributed by atoms with Crippen LogP contribution in [-0.2, 0) is 86.8 Å². The van der Waals surface area contributed by atoms with Gasteiger partial charge in [-0.25, -0.2) is 49.5 Å². The molecule has 1 fully saturated rings. The molecule has 0 bridgehead atoms. The number of hydrogen-bond acceptors (Lipinski definition) is 53. The number of aromatic nitrogens is 24. The topological polar surface area (TPSA) is 741 Å². The number of ether oxygens (including phenoxy) is 12. The zero-order valence-corrected chi connectivity index (χ0v) is 90.0. The van der Waals surface area contributed by atoms with Crippen molar-refractivity contribution in [3.05, 3.63) is 82.1 Å². The highest BCUT2D eigenvalue weighted by Gasteiger charge is 2.32. The zero-order chi connectivity index (χ0) is 110. The normalized spacial score (nSPS) is 12.0. The molecule has 146 heavy (non-hydrogen) atoms. The Hall–Kier alpha value is -13.3. The van der Waals surface area contributed by atoms with Gasteiger partial charge in [0.1, 0.15) is 17.3 Å². The number of anilines is 10. The average molecular weight is 2160 g/mol. The molecule has 3 amide bonds. The lowest BCUT2D eigenvalue weighted by Crippen LogP contribution is -2.45. The van der Waals surface area contributed by atoms with E-state index in [0.717, 1.165) is 62.7 Å². The van der Waals surface area contributed by atoms with E-state index in [2.05, 4.69) is 156 Å². The van der Waals surface area contributed by atoms with Crippen molar-refractivity contribution in [2.24, 2.45) is 4.40 Å². The summed E-state index contributed by atoms with van der Waals surface area (Å²) in [5.41, 5.74) is 1.94. The molecule has 2 aliphatic heterocycles. The lowest BCUT2D eigenvalue weighted by Gasteiger charge is -2.20. The molecular weight excluding hydrogens is 2020 g/mol. The fourth-order valence-electron chi connectivity index (χ4n) is 9.52.